The summed E-state index contributed by atoms with van der Waals surface area (Å²) in [6, 6.07) is 1.83. The quantitative estimate of drug-likeness (QED) is 0.586. The van der Waals surface area contributed by atoms with E-state index in [0.717, 1.165) is 27.7 Å². The Morgan fingerprint density at radius 3 is 2.95 bits per heavy atom. The first-order valence-electron chi connectivity index (χ1n) is 6.82. The Balaban J connectivity index is 2.44. The smallest absolute Gasteiger partial charge is 0.0893 e. The van der Waals surface area contributed by atoms with Crippen LogP contribution in [-0.2, 0) is 17.7 Å². The van der Waals surface area contributed by atoms with Gasteiger partial charge in [-0.1, -0.05) is 6.92 Å². The lowest BCUT2D eigenvalue weighted by Crippen LogP contribution is -2.32. The van der Waals surface area contributed by atoms with Crippen molar-refractivity contribution >= 4 is 15.9 Å². The molecule has 2 aromatic heterocycles. The second-order valence-electron chi connectivity index (χ2n) is 4.62. The number of rotatable bonds is 7. The number of aryl methyl sites for hydroxylation is 1. The summed E-state index contributed by atoms with van der Waals surface area (Å²) in [5.41, 5.74) is 6.14. The zero-order valence-electron chi connectivity index (χ0n) is 12.2. The van der Waals surface area contributed by atoms with E-state index in [9.17, 15) is 0 Å². The minimum Gasteiger partial charge on any atom is -0.383 e. The van der Waals surface area contributed by atoms with E-state index in [1.54, 1.807) is 19.5 Å². The average molecular weight is 354 g/mol. The van der Waals surface area contributed by atoms with E-state index in [1.165, 1.54) is 0 Å². The van der Waals surface area contributed by atoms with Crippen molar-refractivity contribution in [2.75, 3.05) is 13.7 Å². The van der Waals surface area contributed by atoms with Crippen molar-refractivity contribution in [3.05, 3.63) is 46.0 Å². The van der Waals surface area contributed by atoms with Gasteiger partial charge in [0.2, 0.25) is 0 Å². The molecular weight excluding hydrogens is 334 g/mol. The third-order valence-electron chi connectivity index (χ3n) is 3.41. The molecule has 1 unspecified atom stereocenters. The molecule has 0 saturated heterocycles. The molecule has 1 atom stereocenters. The average Bonchev–Trinajstić information content (AvgIpc) is 2.88. The summed E-state index contributed by atoms with van der Waals surface area (Å²) in [6.07, 6.45) is 6.33. The highest BCUT2D eigenvalue weighted by atomic mass is 79.9. The topological polar surface area (TPSA) is 78.0 Å². The monoisotopic (exact) mass is 353 g/mol. The van der Waals surface area contributed by atoms with Crippen LogP contribution in [0.5, 0.6) is 0 Å². The van der Waals surface area contributed by atoms with E-state index in [2.05, 4.69) is 38.4 Å². The van der Waals surface area contributed by atoms with Crippen LogP contribution in [0, 0.1) is 0 Å². The van der Waals surface area contributed by atoms with Gasteiger partial charge in [-0.25, -0.2) is 5.43 Å². The number of pyridine rings is 1. The van der Waals surface area contributed by atoms with E-state index in [-0.39, 0.29) is 6.04 Å². The molecule has 114 valence electrons. The Bertz CT molecular complexity index is 586. The minimum absolute atomic E-state index is 0.156. The van der Waals surface area contributed by atoms with Crippen LogP contribution in [0.1, 0.15) is 29.8 Å². The number of hydrogen-bond acceptors (Lipinski definition) is 5. The van der Waals surface area contributed by atoms with E-state index >= 15 is 0 Å². The number of hydrogen-bond donors (Lipinski definition) is 2. The van der Waals surface area contributed by atoms with Crippen molar-refractivity contribution in [1.82, 2.24) is 20.2 Å². The predicted octanol–water partition coefficient (Wildman–Crippen LogP) is 1.80. The highest BCUT2D eigenvalue weighted by Gasteiger charge is 2.22. The molecule has 0 aromatic carbocycles. The minimum atomic E-state index is -0.156. The molecule has 0 aliphatic rings. The van der Waals surface area contributed by atoms with Crippen molar-refractivity contribution in [2.45, 2.75) is 25.9 Å². The zero-order chi connectivity index (χ0) is 15.2. The van der Waals surface area contributed by atoms with Gasteiger partial charge in [0.25, 0.3) is 0 Å². The molecule has 0 amide bonds. The third-order valence-corrected chi connectivity index (χ3v) is 4.02. The van der Waals surface area contributed by atoms with Gasteiger partial charge in [-0.3, -0.25) is 15.5 Å². The summed E-state index contributed by atoms with van der Waals surface area (Å²) in [5, 5.41) is 4.38. The Labute approximate surface area is 132 Å². The number of ether oxygens (including phenoxy) is 1. The number of hydrazine groups is 1. The highest BCUT2D eigenvalue weighted by Crippen LogP contribution is 2.29. The molecule has 7 heteroatoms. The third kappa shape index (κ3) is 3.49. The lowest BCUT2D eigenvalue weighted by Gasteiger charge is -2.21. The Hall–Kier alpha value is -1.28. The van der Waals surface area contributed by atoms with Crippen molar-refractivity contribution in [2.24, 2.45) is 5.84 Å². The van der Waals surface area contributed by atoms with Crippen molar-refractivity contribution in [1.29, 1.82) is 0 Å². The van der Waals surface area contributed by atoms with E-state index in [1.807, 2.05) is 16.9 Å². The summed E-state index contributed by atoms with van der Waals surface area (Å²) in [5.74, 6) is 5.82. The van der Waals surface area contributed by atoms with Gasteiger partial charge < -0.3 is 4.74 Å². The van der Waals surface area contributed by atoms with Crippen LogP contribution in [0.15, 0.2) is 29.1 Å². The second-order valence-corrected chi connectivity index (χ2v) is 5.48. The molecular formula is C14H20BrN5O. The summed E-state index contributed by atoms with van der Waals surface area (Å²) in [7, 11) is 1.68. The van der Waals surface area contributed by atoms with Gasteiger partial charge in [0.15, 0.2) is 0 Å². The fraction of sp³-hybridized carbons (Fsp3) is 0.429. The Kier molecular flexibility index (Phi) is 5.86. The molecule has 3 N–H and O–H groups in total. The standard InChI is InChI=1S/C14H20BrN5O/c1-3-10-8-17-5-4-11(10)13(19-16)14-12(15)9-18-20(14)6-7-21-2/h4-5,8-9,13,19H,3,6-7,16H2,1-2H3. The summed E-state index contributed by atoms with van der Waals surface area (Å²) in [6.45, 7) is 3.36. The van der Waals surface area contributed by atoms with Gasteiger partial charge in [-0.05, 0) is 39.5 Å². The fourth-order valence-electron chi connectivity index (χ4n) is 2.35. The number of halogens is 1. The lowest BCUT2D eigenvalue weighted by atomic mass is 9.99. The maximum Gasteiger partial charge on any atom is 0.0893 e. The van der Waals surface area contributed by atoms with Crippen molar-refractivity contribution < 1.29 is 4.74 Å². The van der Waals surface area contributed by atoms with Gasteiger partial charge in [0.05, 0.1) is 35.6 Å². The molecule has 6 nitrogen and oxygen atoms in total. The number of nitrogens with two attached hydrogens (primary N) is 1. The van der Waals surface area contributed by atoms with Crippen molar-refractivity contribution in [3.63, 3.8) is 0 Å². The summed E-state index contributed by atoms with van der Waals surface area (Å²) in [4.78, 5) is 4.19. The number of nitrogens with zero attached hydrogens (tertiary/aromatic N) is 3. The number of nitrogens with one attached hydrogen (secondary N) is 1. The second kappa shape index (κ2) is 7.65. The van der Waals surface area contributed by atoms with Crippen LogP contribution >= 0.6 is 15.9 Å². The molecule has 0 fully saturated rings. The first-order valence-corrected chi connectivity index (χ1v) is 7.61. The van der Waals surface area contributed by atoms with E-state index in [4.69, 9.17) is 10.6 Å². The molecule has 2 rings (SSSR count). The van der Waals surface area contributed by atoms with Crippen LogP contribution in [-0.4, -0.2) is 28.5 Å². The van der Waals surface area contributed by atoms with E-state index in [0.29, 0.717) is 13.2 Å². The van der Waals surface area contributed by atoms with Crippen LogP contribution in [0.3, 0.4) is 0 Å². The van der Waals surface area contributed by atoms with Crippen LogP contribution in [0.25, 0.3) is 0 Å². The van der Waals surface area contributed by atoms with Gasteiger partial charge in [0, 0.05) is 19.5 Å². The normalized spacial score (nSPS) is 12.6. The zero-order valence-corrected chi connectivity index (χ0v) is 13.8. The van der Waals surface area contributed by atoms with E-state index < -0.39 is 0 Å². The molecule has 0 aliphatic heterocycles. The van der Waals surface area contributed by atoms with Crippen LogP contribution in [0.4, 0.5) is 0 Å². The van der Waals surface area contributed by atoms with Gasteiger partial charge >= 0.3 is 0 Å². The molecule has 2 aromatic rings. The van der Waals surface area contributed by atoms with Crippen molar-refractivity contribution in [3.8, 4) is 0 Å². The molecule has 0 bridgehead atoms. The first kappa shape index (κ1) is 16.1. The molecule has 0 spiro atoms. The maximum atomic E-state index is 5.82. The number of aromatic nitrogens is 3. The predicted molar refractivity (Wildman–Crippen MR) is 84.6 cm³/mol. The summed E-state index contributed by atoms with van der Waals surface area (Å²) < 4.78 is 7.95. The highest BCUT2D eigenvalue weighted by molar-refractivity contribution is 9.10. The molecule has 2 heterocycles. The van der Waals surface area contributed by atoms with Crippen LogP contribution in [0.2, 0.25) is 0 Å². The molecule has 21 heavy (non-hydrogen) atoms. The van der Waals surface area contributed by atoms with Crippen LogP contribution < -0.4 is 11.3 Å². The summed E-state index contributed by atoms with van der Waals surface area (Å²) >= 11 is 3.56. The SMILES string of the molecule is CCc1cnccc1C(NN)c1c(Br)cnn1CCOC. The molecule has 0 saturated carbocycles. The van der Waals surface area contributed by atoms with Gasteiger partial charge in [-0.15, -0.1) is 0 Å². The Morgan fingerprint density at radius 1 is 1.48 bits per heavy atom. The molecule has 0 aliphatic carbocycles. The first-order chi connectivity index (χ1) is 10.2. The largest absolute Gasteiger partial charge is 0.383 e. The molecule has 0 radical (unpaired) electrons. The van der Waals surface area contributed by atoms with Gasteiger partial charge in [-0.2, -0.15) is 5.10 Å². The van der Waals surface area contributed by atoms with Gasteiger partial charge in [0.1, 0.15) is 0 Å². The fourth-order valence-corrected chi connectivity index (χ4v) is 2.87. The Morgan fingerprint density at radius 2 is 2.29 bits per heavy atom. The number of methoxy groups -OCH3 is 1. The maximum absolute atomic E-state index is 5.82. The lowest BCUT2D eigenvalue weighted by molar-refractivity contribution is 0.182.